The van der Waals surface area contributed by atoms with Crippen molar-refractivity contribution in [1.29, 1.82) is 5.26 Å². The van der Waals surface area contributed by atoms with Gasteiger partial charge in [-0.05, 0) is 18.3 Å². The summed E-state index contributed by atoms with van der Waals surface area (Å²) < 4.78 is 42.3. The van der Waals surface area contributed by atoms with Crippen LogP contribution in [0.15, 0.2) is 24.4 Å². The summed E-state index contributed by atoms with van der Waals surface area (Å²) in [6, 6.07) is 4.88. The van der Waals surface area contributed by atoms with Gasteiger partial charge in [-0.3, -0.25) is 4.55 Å². The predicted octanol–water partition coefficient (Wildman–Crippen LogP) is 1.45. The van der Waals surface area contributed by atoms with E-state index in [-0.39, 0.29) is 12.2 Å². The van der Waals surface area contributed by atoms with Crippen molar-refractivity contribution in [2.75, 3.05) is 25.6 Å². The van der Waals surface area contributed by atoms with Gasteiger partial charge in [-0.2, -0.15) is 13.7 Å². The molecule has 0 aliphatic carbocycles. The number of methoxy groups -OCH3 is 1. The van der Waals surface area contributed by atoms with Gasteiger partial charge in [0.2, 0.25) is 0 Å². The third-order valence-corrected chi connectivity index (χ3v) is 4.01. The summed E-state index contributed by atoms with van der Waals surface area (Å²) in [5.74, 6) is 0.324. The first-order valence-electron chi connectivity index (χ1n) is 6.06. The Labute approximate surface area is 122 Å². The van der Waals surface area contributed by atoms with Gasteiger partial charge in [0, 0.05) is 24.4 Å². The lowest BCUT2D eigenvalue weighted by molar-refractivity contribution is 0.146. The lowest BCUT2D eigenvalue weighted by atomic mass is 10.0. The molecule has 1 aliphatic rings. The number of hydrogen-bond acceptors (Lipinski definition) is 6. The van der Waals surface area contributed by atoms with Crippen LogP contribution in [0.1, 0.15) is 16.4 Å². The Morgan fingerprint density at radius 3 is 2.81 bits per heavy atom. The molecule has 0 saturated heterocycles. The average molecular weight is 310 g/mol. The van der Waals surface area contributed by atoms with E-state index >= 15 is 0 Å². The van der Waals surface area contributed by atoms with Gasteiger partial charge in [-0.15, -0.1) is 0 Å². The van der Waals surface area contributed by atoms with Crippen molar-refractivity contribution in [2.45, 2.75) is 5.25 Å². The highest BCUT2D eigenvalue weighted by Gasteiger charge is 2.28. The fourth-order valence-corrected chi connectivity index (χ4v) is 2.78. The molecule has 0 fully saturated rings. The SMILES string of the molecule is COCCOc1cc2c(cc1C#N)C(S(=O)(=O)O)C=CN2. The number of nitrogens with zero attached hydrogens (tertiary/aromatic N) is 1. The van der Waals surface area contributed by atoms with E-state index in [1.807, 2.05) is 6.07 Å². The van der Waals surface area contributed by atoms with E-state index in [0.717, 1.165) is 0 Å². The second-order valence-corrected chi connectivity index (χ2v) is 5.87. The van der Waals surface area contributed by atoms with Crippen molar-refractivity contribution >= 4 is 15.8 Å². The van der Waals surface area contributed by atoms with Crippen LogP contribution in [-0.2, 0) is 14.9 Å². The van der Waals surface area contributed by atoms with Crippen LogP contribution in [0.25, 0.3) is 0 Å². The molecular formula is C13H14N2O5S. The van der Waals surface area contributed by atoms with Crippen molar-refractivity contribution in [3.63, 3.8) is 0 Å². The minimum Gasteiger partial charge on any atom is -0.490 e. The van der Waals surface area contributed by atoms with E-state index in [2.05, 4.69) is 5.32 Å². The molecule has 1 aromatic carbocycles. The Balaban J connectivity index is 2.42. The number of ether oxygens (including phenoxy) is 2. The molecule has 112 valence electrons. The molecule has 21 heavy (non-hydrogen) atoms. The van der Waals surface area contributed by atoms with Crippen LogP contribution in [-0.4, -0.2) is 33.3 Å². The summed E-state index contributed by atoms with van der Waals surface area (Å²) in [5, 5.41) is 10.8. The lowest BCUT2D eigenvalue weighted by Crippen LogP contribution is -2.16. The highest BCUT2D eigenvalue weighted by molar-refractivity contribution is 7.86. The molecule has 0 bridgehead atoms. The maximum absolute atomic E-state index is 11.4. The zero-order valence-electron chi connectivity index (χ0n) is 11.2. The molecular weight excluding hydrogens is 296 g/mol. The number of hydrogen-bond donors (Lipinski definition) is 2. The first kappa shape index (κ1) is 15.3. The number of anilines is 1. The molecule has 7 nitrogen and oxygen atoms in total. The molecule has 0 radical (unpaired) electrons. The number of nitrogens with one attached hydrogen (secondary N) is 1. The van der Waals surface area contributed by atoms with Gasteiger partial charge < -0.3 is 14.8 Å². The summed E-state index contributed by atoms with van der Waals surface area (Å²) in [6.07, 6.45) is 2.73. The molecule has 0 aromatic heterocycles. The van der Waals surface area contributed by atoms with Crippen LogP contribution >= 0.6 is 0 Å². The molecule has 2 N–H and O–H groups in total. The Morgan fingerprint density at radius 2 is 2.19 bits per heavy atom. The quantitative estimate of drug-likeness (QED) is 0.626. The molecule has 1 atom stereocenters. The smallest absolute Gasteiger partial charge is 0.275 e. The molecule has 1 unspecified atom stereocenters. The fourth-order valence-electron chi connectivity index (χ4n) is 1.99. The van der Waals surface area contributed by atoms with Crippen LogP contribution in [0.4, 0.5) is 5.69 Å². The molecule has 1 aliphatic heterocycles. The van der Waals surface area contributed by atoms with E-state index in [9.17, 15) is 13.0 Å². The van der Waals surface area contributed by atoms with Crippen molar-refractivity contribution in [2.24, 2.45) is 0 Å². The lowest BCUT2D eigenvalue weighted by Gasteiger charge is -2.21. The first-order chi connectivity index (χ1) is 9.97. The molecule has 2 rings (SSSR count). The van der Waals surface area contributed by atoms with Crippen LogP contribution in [0.3, 0.4) is 0 Å². The molecule has 8 heteroatoms. The number of fused-ring (bicyclic) bond motifs is 1. The van der Waals surface area contributed by atoms with Gasteiger partial charge in [0.1, 0.15) is 23.7 Å². The number of nitriles is 1. The van der Waals surface area contributed by atoms with Gasteiger partial charge in [0.15, 0.2) is 0 Å². The third-order valence-electron chi connectivity index (χ3n) is 2.95. The van der Waals surface area contributed by atoms with Gasteiger partial charge in [0.25, 0.3) is 10.1 Å². The normalized spacial score (nSPS) is 16.7. The molecule has 1 aromatic rings. The molecule has 1 heterocycles. The minimum atomic E-state index is -4.30. The average Bonchev–Trinajstić information content (AvgIpc) is 2.45. The van der Waals surface area contributed by atoms with Crippen LogP contribution < -0.4 is 10.1 Å². The summed E-state index contributed by atoms with van der Waals surface area (Å²) in [4.78, 5) is 0. The summed E-state index contributed by atoms with van der Waals surface area (Å²) >= 11 is 0. The van der Waals surface area contributed by atoms with Crippen LogP contribution in [0.5, 0.6) is 5.75 Å². The fraction of sp³-hybridized carbons (Fsp3) is 0.308. The molecule has 0 saturated carbocycles. The van der Waals surface area contributed by atoms with Crippen molar-refractivity contribution in [3.8, 4) is 11.8 Å². The zero-order chi connectivity index (χ0) is 15.5. The molecule has 0 amide bonds. The van der Waals surface area contributed by atoms with E-state index in [1.54, 1.807) is 0 Å². The summed E-state index contributed by atoms with van der Waals surface area (Å²) in [7, 11) is -2.76. The Morgan fingerprint density at radius 1 is 1.43 bits per heavy atom. The minimum absolute atomic E-state index is 0.190. The maximum atomic E-state index is 11.4. The Hall–Kier alpha value is -2.08. The van der Waals surface area contributed by atoms with Gasteiger partial charge in [0.05, 0.1) is 12.2 Å². The Bertz CT molecular complexity index is 706. The van der Waals surface area contributed by atoms with E-state index < -0.39 is 15.4 Å². The van der Waals surface area contributed by atoms with Crippen LogP contribution in [0, 0.1) is 11.3 Å². The van der Waals surface area contributed by atoms with Gasteiger partial charge >= 0.3 is 0 Å². The van der Waals surface area contributed by atoms with Crippen LogP contribution in [0.2, 0.25) is 0 Å². The highest BCUT2D eigenvalue weighted by Crippen LogP contribution is 2.37. The number of benzene rings is 1. The van der Waals surface area contributed by atoms with Crippen molar-refractivity contribution in [1.82, 2.24) is 0 Å². The monoisotopic (exact) mass is 310 g/mol. The standard InChI is InChI=1S/C13H14N2O5S/c1-19-4-5-20-12-7-11-10(6-9(12)8-14)13(2-3-15-11)21(16,17)18/h2-3,6-7,13,15H,4-5H2,1H3,(H,16,17,18). The second-order valence-electron chi connectivity index (χ2n) is 4.33. The topological polar surface area (TPSA) is 109 Å². The van der Waals surface area contributed by atoms with E-state index in [0.29, 0.717) is 23.6 Å². The summed E-state index contributed by atoms with van der Waals surface area (Å²) in [6.45, 7) is 0.629. The van der Waals surface area contributed by atoms with E-state index in [4.69, 9.17) is 14.7 Å². The number of rotatable bonds is 5. The molecule has 0 spiro atoms. The maximum Gasteiger partial charge on any atom is 0.275 e. The van der Waals surface area contributed by atoms with E-state index in [1.165, 1.54) is 31.5 Å². The first-order valence-corrected chi connectivity index (χ1v) is 7.57. The Kier molecular flexibility index (Phi) is 4.47. The second kappa shape index (κ2) is 6.13. The third kappa shape index (κ3) is 3.33. The zero-order valence-corrected chi connectivity index (χ0v) is 12.1. The van der Waals surface area contributed by atoms with Gasteiger partial charge in [-0.1, -0.05) is 0 Å². The predicted molar refractivity (Wildman–Crippen MR) is 75.6 cm³/mol. The van der Waals surface area contributed by atoms with Crippen molar-refractivity contribution < 1.29 is 22.4 Å². The highest BCUT2D eigenvalue weighted by atomic mass is 32.2. The van der Waals surface area contributed by atoms with Gasteiger partial charge in [-0.25, -0.2) is 0 Å². The van der Waals surface area contributed by atoms with Crippen molar-refractivity contribution in [3.05, 3.63) is 35.5 Å². The summed E-state index contributed by atoms with van der Waals surface area (Å²) in [5.41, 5.74) is 0.956. The largest absolute Gasteiger partial charge is 0.490 e.